The molecule has 0 aliphatic heterocycles. The first-order valence-corrected chi connectivity index (χ1v) is 7.23. The minimum absolute atomic E-state index is 0.0399. The lowest BCUT2D eigenvalue weighted by molar-refractivity contribution is -0.129. The molecule has 1 aromatic rings. The average Bonchev–Trinajstić information content (AvgIpc) is 2.47. The van der Waals surface area contributed by atoms with Gasteiger partial charge in [0, 0.05) is 20.1 Å². The number of hydrogen-bond donors (Lipinski definition) is 1. The molecule has 1 rings (SSSR count). The molecule has 21 heavy (non-hydrogen) atoms. The second-order valence-corrected chi connectivity index (χ2v) is 5.24. The Morgan fingerprint density at radius 3 is 2.62 bits per heavy atom. The number of carbonyl (C=O) groups excluding carboxylic acids is 1. The Morgan fingerprint density at radius 2 is 2.05 bits per heavy atom. The summed E-state index contributed by atoms with van der Waals surface area (Å²) in [6.07, 6.45) is 2.07. The molecule has 0 aliphatic rings. The quantitative estimate of drug-likeness (QED) is 0.794. The fourth-order valence-electron chi connectivity index (χ4n) is 1.88. The highest BCUT2D eigenvalue weighted by atomic mass is 16.5. The van der Waals surface area contributed by atoms with E-state index < -0.39 is 0 Å². The number of hydrogen-bond acceptors (Lipinski definition) is 4. The predicted molar refractivity (Wildman–Crippen MR) is 83.8 cm³/mol. The van der Waals surface area contributed by atoms with Crippen LogP contribution in [-0.2, 0) is 11.2 Å². The van der Waals surface area contributed by atoms with E-state index in [4.69, 9.17) is 15.2 Å². The van der Waals surface area contributed by atoms with Gasteiger partial charge in [-0.25, -0.2) is 0 Å². The van der Waals surface area contributed by atoms with Crippen molar-refractivity contribution in [2.45, 2.75) is 32.2 Å². The maximum atomic E-state index is 11.5. The molecule has 0 radical (unpaired) electrons. The van der Waals surface area contributed by atoms with Crippen LogP contribution in [0, 0.1) is 0 Å². The van der Waals surface area contributed by atoms with Gasteiger partial charge in [-0.3, -0.25) is 4.79 Å². The van der Waals surface area contributed by atoms with E-state index in [1.807, 2.05) is 18.2 Å². The zero-order valence-corrected chi connectivity index (χ0v) is 13.4. The SMILES string of the molecule is CCC(N)Cc1ccc(OC)c(OCCC(=O)N(C)C)c1. The smallest absolute Gasteiger partial charge is 0.225 e. The number of ether oxygens (including phenoxy) is 2. The molecular formula is C16H26N2O3. The summed E-state index contributed by atoms with van der Waals surface area (Å²) in [7, 11) is 5.07. The van der Waals surface area contributed by atoms with Crippen molar-refractivity contribution in [2.75, 3.05) is 27.8 Å². The van der Waals surface area contributed by atoms with Gasteiger partial charge in [-0.2, -0.15) is 0 Å². The molecule has 0 saturated heterocycles. The third-order valence-electron chi connectivity index (χ3n) is 3.32. The summed E-state index contributed by atoms with van der Waals surface area (Å²) in [6, 6.07) is 5.95. The number of rotatable bonds is 8. The molecule has 5 nitrogen and oxygen atoms in total. The van der Waals surface area contributed by atoms with E-state index in [-0.39, 0.29) is 11.9 Å². The summed E-state index contributed by atoms with van der Waals surface area (Å²) < 4.78 is 11.0. The first-order chi connectivity index (χ1) is 9.97. The Kier molecular flexibility index (Phi) is 7.02. The average molecular weight is 294 g/mol. The fraction of sp³-hybridized carbons (Fsp3) is 0.562. The van der Waals surface area contributed by atoms with Crippen molar-refractivity contribution in [1.29, 1.82) is 0 Å². The van der Waals surface area contributed by atoms with Crippen LogP contribution in [0.4, 0.5) is 0 Å². The number of methoxy groups -OCH3 is 1. The van der Waals surface area contributed by atoms with E-state index in [9.17, 15) is 4.79 Å². The maximum absolute atomic E-state index is 11.5. The highest BCUT2D eigenvalue weighted by Gasteiger charge is 2.10. The van der Waals surface area contributed by atoms with Crippen molar-refractivity contribution in [2.24, 2.45) is 5.73 Å². The molecule has 0 heterocycles. The third kappa shape index (κ3) is 5.63. The van der Waals surface area contributed by atoms with Crippen LogP contribution >= 0.6 is 0 Å². The van der Waals surface area contributed by atoms with Crippen LogP contribution in [0.15, 0.2) is 18.2 Å². The summed E-state index contributed by atoms with van der Waals surface area (Å²) >= 11 is 0. The van der Waals surface area contributed by atoms with Gasteiger partial charge in [0.2, 0.25) is 5.91 Å². The van der Waals surface area contributed by atoms with Crippen molar-refractivity contribution < 1.29 is 14.3 Å². The molecule has 1 aromatic carbocycles. The molecule has 1 unspecified atom stereocenters. The molecule has 1 amide bonds. The maximum Gasteiger partial charge on any atom is 0.225 e. The topological polar surface area (TPSA) is 64.8 Å². The molecule has 118 valence electrons. The lowest BCUT2D eigenvalue weighted by Gasteiger charge is -2.15. The van der Waals surface area contributed by atoms with E-state index in [0.717, 1.165) is 18.4 Å². The molecule has 0 fully saturated rings. The van der Waals surface area contributed by atoms with Crippen molar-refractivity contribution in [3.63, 3.8) is 0 Å². The Bertz CT molecular complexity index is 461. The first-order valence-electron chi connectivity index (χ1n) is 7.23. The molecular weight excluding hydrogens is 268 g/mol. The standard InChI is InChI=1S/C16H26N2O3/c1-5-13(17)10-12-6-7-14(20-4)15(11-12)21-9-8-16(19)18(2)3/h6-7,11,13H,5,8-10,17H2,1-4H3. The van der Waals surface area contributed by atoms with E-state index in [1.165, 1.54) is 0 Å². The molecule has 1 atom stereocenters. The Balaban J connectivity index is 2.69. The molecule has 0 saturated carbocycles. The zero-order chi connectivity index (χ0) is 15.8. The normalized spacial score (nSPS) is 11.9. The van der Waals surface area contributed by atoms with Crippen LogP contribution in [0.3, 0.4) is 0 Å². The van der Waals surface area contributed by atoms with E-state index in [2.05, 4.69) is 6.92 Å². The molecule has 0 bridgehead atoms. The Hall–Kier alpha value is -1.75. The molecule has 2 N–H and O–H groups in total. The van der Waals surface area contributed by atoms with Gasteiger partial charge in [-0.1, -0.05) is 13.0 Å². The van der Waals surface area contributed by atoms with Crippen molar-refractivity contribution in [3.05, 3.63) is 23.8 Å². The van der Waals surface area contributed by atoms with Crippen LogP contribution in [0.2, 0.25) is 0 Å². The number of benzene rings is 1. The predicted octanol–water partition coefficient (Wildman–Crippen LogP) is 1.83. The van der Waals surface area contributed by atoms with Gasteiger partial charge < -0.3 is 20.1 Å². The molecule has 0 spiro atoms. The molecule has 0 aliphatic carbocycles. The van der Waals surface area contributed by atoms with Gasteiger partial charge in [0.1, 0.15) is 0 Å². The molecule has 5 heteroatoms. The second-order valence-electron chi connectivity index (χ2n) is 5.24. The van der Waals surface area contributed by atoms with Crippen LogP contribution in [0.25, 0.3) is 0 Å². The van der Waals surface area contributed by atoms with Gasteiger partial charge in [0.05, 0.1) is 20.1 Å². The van der Waals surface area contributed by atoms with Crippen LogP contribution in [0.1, 0.15) is 25.3 Å². The monoisotopic (exact) mass is 294 g/mol. The summed E-state index contributed by atoms with van der Waals surface area (Å²) in [6.45, 7) is 2.40. The van der Waals surface area contributed by atoms with Gasteiger partial charge in [-0.15, -0.1) is 0 Å². The largest absolute Gasteiger partial charge is 0.493 e. The molecule has 0 aromatic heterocycles. The fourth-order valence-corrected chi connectivity index (χ4v) is 1.88. The Morgan fingerprint density at radius 1 is 1.33 bits per heavy atom. The number of nitrogens with zero attached hydrogens (tertiary/aromatic N) is 1. The lowest BCUT2D eigenvalue weighted by Crippen LogP contribution is -2.23. The number of amides is 1. The lowest BCUT2D eigenvalue weighted by atomic mass is 10.0. The van der Waals surface area contributed by atoms with Crippen molar-refractivity contribution in [3.8, 4) is 11.5 Å². The van der Waals surface area contributed by atoms with Crippen molar-refractivity contribution in [1.82, 2.24) is 4.90 Å². The van der Waals surface area contributed by atoms with Crippen LogP contribution in [-0.4, -0.2) is 44.7 Å². The summed E-state index contributed by atoms with van der Waals surface area (Å²) in [5.74, 6) is 1.36. The minimum atomic E-state index is 0.0399. The number of nitrogens with two attached hydrogens (primary N) is 1. The third-order valence-corrected chi connectivity index (χ3v) is 3.32. The minimum Gasteiger partial charge on any atom is -0.493 e. The van der Waals surface area contributed by atoms with Gasteiger partial charge in [0.25, 0.3) is 0 Å². The van der Waals surface area contributed by atoms with E-state index in [0.29, 0.717) is 24.5 Å². The van der Waals surface area contributed by atoms with Gasteiger partial charge >= 0.3 is 0 Å². The Labute approximate surface area is 127 Å². The zero-order valence-electron chi connectivity index (χ0n) is 13.4. The highest BCUT2D eigenvalue weighted by molar-refractivity contribution is 5.75. The van der Waals surface area contributed by atoms with E-state index >= 15 is 0 Å². The summed E-state index contributed by atoms with van der Waals surface area (Å²) in [4.78, 5) is 13.1. The summed E-state index contributed by atoms with van der Waals surface area (Å²) in [5, 5.41) is 0. The highest BCUT2D eigenvalue weighted by Crippen LogP contribution is 2.28. The van der Waals surface area contributed by atoms with Gasteiger partial charge in [-0.05, 0) is 30.5 Å². The number of carbonyl (C=O) groups is 1. The van der Waals surface area contributed by atoms with Crippen LogP contribution < -0.4 is 15.2 Å². The van der Waals surface area contributed by atoms with Gasteiger partial charge in [0.15, 0.2) is 11.5 Å². The first kappa shape index (κ1) is 17.3. The van der Waals surface area contributed by atoms with Crippen molar-refractivity contribution >= 4 is 5.91 Å². The van der Waals surface area contributed by atoms with Crippen LogP contribution in [0.5, 0.6) is 11.5 Å². The second kappa shape index (κ2) is 8.52. The summed E-state index contributed by atoms with van der Waals surface area (Å²) in [5.41, 5.74) is 7.09. The van der Waals surface area contributed by atoms with E-state index in [1.54, 1.807) is 26.1 Å².